The van der Waals surface area contributed by atoms with Crippen molar-refractivity contribution < 1.29 is 22.4 Å². The standard InChI is InChI=1S/C23H28Cl2FN3O4S/c1-5-15(2)27-23(31)16(3)28(13-17-9-11-18(26)12-10-17)21(30)14-29(34(4,32)33)20-8-6-7-19(24)22(20)25/h6-12,15-16H,5,13-14H2,1-4H3,(H,27,31). The molecule has 0 saturated carbocycles. The number of rotatable bonds is 10. The van der Waals surface area contributed by atoms with E-state index in [1.807, 2.05) is 13.8 Å². The highest BCUT2D eigenvalue weighted by atomic mass is 35.5. The van der Waals surface area contributed by atoms with Gasteiger partial charge in [-0.05, 0) is 50.1 Å². The van der Waals surface area contributed by atoms with Crippen LogP contribution in [0, 0.1) is 5.82 Å². The summed E-state index contributed by atoms with van der Waals surface area (Å²) in [5.74, 6) is -1.47. The van der Waals surface area contributed by atoms with E-state index in [1.54, 1.807) is 6.92 Å². The maximum Gasteiger partial charge on any atom is 0.244 e. The van der Waals surface area contributed by atoms with Gasteiger partial charge >= 0.3 is 0 Å². The Bertz CT molecular complexity index is 1130. The van der Waals surface area contributed by atoms with E-state index >= 15 is 0 Å². The Morgan fingerprint density at radius 1 is 1.09 bits per heavy atom. The quantitative estimate of drug-likeness (QED) is 0.496. The van der Waals surface area contributed by atoms with Crippen LogP contribution in [0.3, 0.4) is 0 Å². The fourth-order valence-corrected chi connectivity index (χ4v) is 4.42. The Balaban J connectivity index is 2.42. The zero-order chi connectivity index (χ0) is 25.6. The Kier molecular flexibility index (Phi) is 9.73. The van der Waals surface area contributed by atoms with Gasteiger partial charge in [0.25, 0.3) is 0 Å². The Hall–Kier alpha value is -2.36. The molecule has 2 amide bonds. The number of carbonyl (C=O) groups is 2. The van der Waals surface area contributed by atoms with Crippen molar-refractivity contribution in [3.05, 3.63) is 63.9 Å². The first-order valence-corrected chi connectivity index (χ1v) is 13.2. The first-order chi connectivity index (χ1) is 15.8. The average molecular weight is 532 g/mol. The summed E-state index contributed by atoms with van der Waals surface area (Å²) in [6.45, 7) is 4.66. The number of hydrogen-bond donors (Lipinski definition) is 1. The number of hydrogen-bond acceptors (Lipinski definition) is 4. The SMILES string of the molecule is CCC(C)NC(=O)C(C)N(Cc1ccc(F)cc1)C(=O)CN(c1cccc(Cl)c1Cl)S(C)(=O)=O. The van der Waals surface area contributed by atoms with Gasteiger partial charge in [0, 0.05) is 12.6 Å². The molecule has 0 aliphatic heterocycles. The zero-order valence-corrected chi connectivity index (χ0v) is 21.7. The van der Waals surface area contributed by atoms with Crippen molar-refractivity contribution in [1.29, 1.82) is 0 Å². The van der Waals surface area contributed by atoms with Crippen molar-refractivity contribution in [2.45, 2.75) is 45.8 Å². The molecular weight excluding hydrogens is 504 g/mol. The van der Waals surface area contributed by atoms with Crippen LogP contribution in [0.15, 0.2) is 42.5 Å². The van der Waals surface area contributed by atoms with E-state index in [9.17, 15) is 22.4 Å². The van der Waals surface area contributed by atoms with Crippen molar-refractivity contribution in [3.63, 3.8) is 0 Å². The molecule has 2 aromatic carbocycles. The number of halogens is 3. The van der Waals surface area contributed by atoms with Gasteiger partial charge in [-0.2, -0.15) is 0 Å². The molecule has 0 saturated heterocycles. The third-order valence-corrected chi connectivity index (χ3v) is 7.25. The summed E-state index contributed by atoms with van der Waals surface area (Å²) in [5, 5.41) is 2.94. The molecule has 11 heteroatoms. The molecular formula is C23H28Cl2FN3O4S. The monoisotopic (exact) mass is 531 g/mol. The van der Waals surface area contributed by atoms with E-state index in [-0.39, 0.29) is 28.3 Å². The number of nitrogens with one attached hydrogen (secondary N) is 1. The highest BCUT2D eigenvalue weighted by Crippen LogP contribution is 2.33. The highest BCUT2D eigenvalue weighted by Gasteiger charge is 2.31. The third-order valence-electron chi connectivity index (χ3n) is 5.31. The molecule has 7 nitrogen and oxygen atoms in total. The molecule has 0 aliphatic rings. The number of benzene rings is 2. The van der Waals surface area contributed by atoms with E-state index in [0.29, 0.717) is 12.0 Å². The minimum absolute atomic E-state index is 0.0185. The molecule has 0 heterocycles. The van der Waals surface area contributed by atoms with E-state index in [1.165, 1.54) is 47.4 Å². The molecule has 0 fully saturated rings. The van der Waals surface area contributed by atoms with Crippen LogP contribution in [0.25, 0.3) is 0 Å². The van der Waals surface area contributed by atoms with Crippen LogP contribution >= 0.6 is 23.2 Å². The van der Waals surface area contributed by atoms with Crippen molar-refractivity contribution in [3.8, 4) is 0 Å². The number of anilines is 1. The lowest BCUT2D eigenvalue weighted by molar-refractivity contribution is -0.139. The Labute approximate surface area is 209 Å². The highest BCUT2D eigenvalue weighted by molar-refractivity contribution is 7.92. The van der Waals surface area contributed by atoms with E-state index in [4.69, 9.17) is 23.2 Å². The van der Waals surface area contributed by atoms with E-state index in [0.717, 1.165) is 10.6 Å². The molecule has 0 aromatic heterocycles. The van der Waals surface area contributed by atoms with E-state index in [2.05, 4.69) is 5.32 Å². The molecule has 0 aliphatic carbocycles. The predicted molar refractivity (Wildman–Crippen MR) is 133 cm³/mol. The van der Waals surface area contributed by atoms with Gasteiger partial charge in [0.2, 0.25) is 21.8 Å². The first kappa shape index (κ1) is 27.9. The van der Waals surface area contributed by atoms with Gasteiger partial charge in [-0.1, -0.05) is 48.3 Å². The summed E-state index contributed by atoms with van der Waals surface area (Å²) in [5.41, 5.74) is 0.619. The van der Waals surface area contributed by atoms with Crippen molar-refractivity contribution in [1.82, 2.24) is 10.2 Å². The summed E-state index contributed by atoms with van der Waals surface area (Å²) in [7, 11) is -3.94. The largest absolute Gasteiger partial charge is 0.352 e. The molecule has 186 valence electrons. The second kappa shape index (κ2) is 11.9. The van der Waals surface area contributed by atoms with Crippen LogP contribution < -0.4 is 9.62 Å². The van der Waals surface area contributed by atoms with Crippen LogP contribution in [0.5, 0.6) is 0 Å². The van der Waals surface area contributed by atoms with Gasteiger partial charge < -0.3 is 10.2 Å². The maximum absolute atomic E-state index is 13.4. The summed E-state index contributed by atoms with van der Waals surface area (Å²) in [6, 6.07) is 8.90. The van der Waals surface area contributed by atoms with Crippen molar-refractivity contribution in [2.75, 3.05) is 17.1 Å². The topological polar surface area (TPSA) is 86.8 Å². The molecule has 0 radical (unpaired) electrons. The molecule has 0 spiro atoms. The lowest BCUT2D eigenvalue weighted by atomic mass is 10.1. The van der Waals surface area contributed by atoms with Crippen LogP contribution in [-0.4, -0.2) is 50.0 Å². The predicted octanol–water partition coefficient (Wildman–Crippen LogP) is 4.23. The minimum atomic E-state index is -3.94. The second-order valence-electron chi connectivity index (χ2n) is 7.98. The van der Waals surface area contributed by atoms with Gasteiger partial charge in [-0.3, -0.25) is 13.9 Å². The summed E-state index contributed by atoms with van der Waals surface area (Å²) >= 11 is 12.3. The maximum atomic E-state index is 13.4. The molecule has 34 heavy (non-hydrogen) atoms. The smallest absolute Gasteiger partial charge is 0.244 e. The lowest BCUT2D eigenvalue weighted by Crippen LogP contribution is -2.52. The van der Waals surface area contributed by atoms with Crippen molar-refractivity contribution in [2.24, 2.45) is 0 Å². The van der Waals surface area contributed by atoms with Crippen LogP contribution in [-0.2, 0) is 26.2 Å². The Morgan fingerprint density at radius 3 is 2.26 bits per heavy atom. The molecule has 2 unspecified atom stereocenters. The lowest BCUT2D eigenvalue weighted by Gasteiger charge is -2.32. The van der Waals surface area contributed by atoms with Crippen LogP contribution in [0.2, 0.25) is 10.0 Å². The number of nitrogens with zero attached hydrogens (tertiary/aromatic N) is 2. The van der Waals surface area contributed by atoms with Gasteiger partial charge in [0.05, 0.1) is 22.0 Å². The second-order valence-corrected chi connectivity index (χ2v) is 10.7. The molecule has 2 atom stereocenters. The minimum Gasteiger partial charge on any atom is -0.352 e. The molecule has 2 rings (SSSR count). The summed E-state index contributed by atoms with van der Waals surface area (Å²) in [4.78, 5) is 27.5. The molecule has 0 bridgehead atoms. The Morgan fingerprint density at radius 2 is 1.71 bits per heavy atom. The fraction of sp³-hybridized carbons (Fsp3) is 0.391. The van der Waals surface area contributed by atoms with Crippen molar-refractivity contribution >= 4 is 50.7 Å². The van der Waals surface area contributed by atoms with Gasteiger partial charge in [-0.25, -0.2) is 12.8 Å². The van der Waals surface area contributed by atoms with Gasteiger partial charge in [0.15, 0.2) is 0 Å². The number of sulfonamides is 1. The number of amides is 2. The summed E-state index contributed by atoms with van der Waals surface area (Å²) in [6.07, 6.45) is 1.64. The van der Waals surface area contributed by atoms with Gasteiger partial charge in [-0.15, -0.1) is 0 Å². The average Bonchev–Trinajstić information content (AvgIpc) is 2.77. The number of carbonyl (C=O) groups excluding carboxylic acids is 2. The molecule has 1 N–H and O–H groups in total. The first-order valence-electron chi connectivity index (χ1n) is 10.6. The fourth-order valence-electron chi connectivity index (χ4n) is 3.11. The van der Waals surface area contributed by atoms with Crippen LogP contribution in [0.1, 0.15) is 32.8 Å². The normalized spacial score (nSPS) is 13.1. The zero-order valence-electron chi connectivity index (χ0n) is 19.4. The third kappa shape index (κ3) is 7.32. The molecule has 2 aromatic rings. The van der Waals surface area contributed by atoms with Gasteiger partial charge in [0.1, 0.15) is 18.4 Å². The summed E-state index contributed by atoms with van der Waals surface area (Å²) < 4.78 is 39.4. The van der Waals surface area contributed by atoms with E-state index < -0.39 is 40.2 Å². The van der Waals surface area contributed by atoms with Crippen LogP contribution in [0.4, 0.5) is 10.1 Å².